The van der Waals surface area contributed by atoms with Crippen molar-refractivity contribution < 1.29 is 17.9 Å². The van der Waals surface area contributed by atoms with Gasteiger partial charge in [-0.15, -0.1) is 0 Å². The highest BCUT2D eigenvalue weighted by atomic mass is 32.2. The molecule has 50 heavy (non-hydrogen) atoms. The van der Waals surface area contributed by atoms with Crippen LogP contribution in [-0.2, 0) is 28.3 Å². The van der Waals surface area contributed by atoms with Crippen molar-refractivity contribution in [2.75, 3.05) is 64.8 Å². The van der Waals surface area contributed by atoms with Crippen molar-refractivity contribution in [2.24, 2.45) is 7.05 Å². The first-order chi connectivity index (χ1) is 23.8. The first-order valence-corrected chi connectivity index (χ1v) is 18.8. The number of amides is 1. The summed E-state index contributed by atoms with van der Waals surface area (Å²) in [4.78, 5) is 36.7. The van der Waals surface area contributed by atoms with Crippen LogP contribution in [0.4, 0.5) is 5.69 Å². The van der Waals surface area contributed by atoms with Crippen LogP contribution in [0.15, 0.2) is 46.1 Å². The summed E-state index contributed by atoms with van der Waals surface area (Å²) in [7, 11) is -0.00831. The molecule has 0 radical (unpaired) electrons. The Hall–Kier alpha value is -4.11. The summed E-state index contributed by atoms with van der Waals surface area (Å²) in [6.07, 6.45) is 1.54. The number of carbonyl (C=O) groups excluding carboxylic acids is 1. The number of nitrogens with zero attached hydrogens (tertiary/aromatic N) is 6. The van der Waals surface area contributed by atoms with Gasteiger partial charge in [0, 0.05) is 38.9 Å². The zero-order valence-corrected chi connectivity index (χ0v) is 31.5. The van der Waals surface area contributed by atoms with Gasteiger partial charge < -0.3 is 19.9 Å². The molecule has 1 fully saturated rings. The van der Waals surface area contributed by atoms with Crippen molar-refractivity contribution in [1.82, 2.24) is 33.9 Å². The fourth-order valence-electron chi connectivity index (χ4n) is 5.93. The molecule has 0 saturated carbocycles. The number of H-pyrrole nitrogens is 1. The molecule has 0 spiro atoms. The lowest BCUT2D eigenvalue weighted by atomic mass is 10.1. The largest absolute Gasteiger partial charge is 0.493 e. The van der Waals surface area contributed by atoms with Crippen molar-refractivity contribution in [3.8, 4) is 17.1 Å². The van der Waals surface area contributed by atoms with Crippen LogP contribution < -0.4 is 15.6 Å². The van der Waals surface area contributed by atoms with E-state index in [1.54, 1.807) is 25.2 Å². The fraction of sp³-hybridized carbons (Fsp3) is 0.500. The maximum Gasteiger partial charge on any atom is 0.277 e. The molecule has 1 saturated heterocycles. The Kier molecular flexibility index (Phi) is 13.3. The molecule has 272 valence electrons. The van der Waals surface area contributed by atoms with Crippen LogP contribution in [0, 0.1) is 13.8 Å². The number of aromatic amines is 1. The predicted octanol–water partition coefficient (Wildman–Crippen LogP) is 4.19. The number of aromatic nitrogens is 4. The van der Waals surface area contributed by atoms with E-state index in [1.165, 1.54) is 8.99 Å². The summed E-state index contributed by atoms with van der Waals surface area (Å²) < 4.78 is 35.4. The van der Waals surface area contributed by atoms with E-state index >= 15 is 0 Å². The highest BCUT2D eigenvalue weighted by Gasteiger charge is 2.29. The molecule has 1 amide bonds. The molecular weight excluding hydrogens is 657 g/mol. The van der Waals surface area contributed by atoms with Gasteiger partial charge in [0.25, 0.3) is 5.56 Å². The Bertz CT molecular complexity index is 1920. The average Bonchev–Trinajstić information content (AvgIpc) is 3.41. The van der Waals surface area contributed by atoms with Crippen LogP contribution in [0.25, 0.3) is 22.4 Å². The van der Waals surface area contributed by atoms with Crippen LogP contribution in [0.3, 0.4) is 0 Å². The van der Waals surface area contributed by atoms with E-state index in [2.05, 4.69) is 39.0 Å². The van der Waals surface area contributed by atoms with E-state index in [9.17, 15) is 18.0 Å². The number of ether oxygens (including phenoxy) is 1. The molecule has 2 aromatic carbocycles. The minimum atomic E-state index is -3.70. The molecule has 1 aliphatic heterocycles. The van der Waals surface area contributed by atoms with Gasteiger partial charge in [0.1, 0.15) is 17.1 Å². The van der Waals surface area contributed by atoms with E-state index in [-0.39, 0.29) is 22.2 Å². The van der Waals surface area contributed by atoms with E-state index in [4.69, 9.17) is 9.72 Å². The second-order valence-electron chi connectivity index (χ2n) is 12.5. The predicted molar refractivity (Wildman–Crippen MR) is 198 cm³/mol. The number of hydrogen-bond donors (Lipinski definition) is 2. The molecule has 2 aromatic heterocycles. The average molecular weight is 709 g/mol. The summed E-state index contributed by atoms with van der Waals surface area (Å²) in [6, 6.07) is 10.7. The number of hydrogen-bond acceptors (Lipinski definition) is 9. The van der Waals surface area contributed by atoms with Crippen LogP contribution >= 0.6 is 0 Å². The van der Waals surface area contributed by atoms with Gasteiger partial charge in [-0.25, -0.2) is 13.4 Å². The van der Waals surface area contributed by atoms with Gasteiger partial charge in [-0.1, -0.05) is 45.4 Å². The zero-order valence-electron chi connectivity index (χ0n) is 30.7. The molecule has 0 bridgehead atoms. The maximum atomic E-state index is 13.3. The minimum absolute atomic E-state index is 0.0612. The van der Waals surface area contributed by atoms with E-state index in [1.807, 2.05) is 52.9 Å². The van der Waals surface area contributed by atoms with Crippen molar-refractivity contribution in [3.63, 3.8) is 0 Å². The molecule has 4 aromatic rings. The van der Waals surface area contributed by atoms with E-state index < -0.39 is 10.0 Å². The van der Waals surface area contributed by atoms with Gasteiger partial charge in [0.15, 0.2) is 5.52 Å². The Morgan fingerprint density at radius 1 is 1.00 bits per heavy atom. The topological polar surface area (TPSA) is 146 Å². The maximum absolute atomic E-state index is 13.3. The normalized spacial score (nSPS) is 14.1. The number of anilines is 1. The molecule has 2 N–H and O–H groups in total. The monoisotopic (exact) mass is 708 g/mol. The van der Waals surface area contributed by atoms with Gasteiger partial charge in [-0.05, 0) is 76.7 Å². The second kappa shape index (κ2) is 17.2. The summed E-state index contributed by atoms with van der Waals surface area (Å²) in [5.41, 5.74) is 4.91. The third kappa shape index (κ3) is 8.97. The summed E-state index contributed by atoms with van der Waals surface area (Å²) in [6.45, 7) is 16.9. The minimum Gasteiger partial charge on any atom is -0.493 e. The lowest BCUT2D eigenvalue weighted by molar-refractivity contribution is -0.117. The number of aryl methyl sites for hydroxylation is 4. The highest BCUT2D eigenvalue weighted by molar-refractivity contribution is 7.89. The number of likely N-dealkylation sites (N-methyl/N-ethyl adjacent to an activating group) is 2. The van der Waals surface area contributed by atoms with Gasteiger partial charge in [0.05, 0.1) is 29.3 Å². The van der Waals surface area contributed by atoms with Gasteiger partial charge in [-0.3, -0.25) is 19.2 Å². The molecular formula is C36H52N8O5S. The molecule has 5 rings (SSSR count). The number of sulfonamides is 1. The van der Waals surface area contributed by atoms with Crippen LogP contribution in [0.2, 0.25) is 0 Å². The van der Waals surface area contributed by atoms with Crippen molar-refractivity contribution in [1.29, 1.82) is 0 Å². The first kappa shape index (κ1) is 38.7. The Morgan fingerprint density at radius 3 is 2.26 bits per heavy atom. The SMILES string of the molecule is CCCc1nn(C)c2c(=O)[nH]c(-c3cc(S(=O)(=O)N4CCN(C)CC4)ccc3OCC)nc12.CCN(CC)CC(=O)Nc1c(C)cccc1C. The summed E-state index contributed by atoms with van der Waals surface area (Å²) >= 11 is 0. The van der Waals surface area contributed by atoms with Crippen molar-refractivity contribution in [3.05, 3.63) is 63.6 Å². The number of benzene rings is 2. The number of nitrogens with one attached hydrogen (secondary N) is 2. The lowest BCUT2D eigenvalue weighted by Crippen LogP contribution is -2.47. The van der Waals surface area contributed by atoms with Crippen LogP contribution in [0.1, 0.15) is 50.9 Å². The third-order valence-electron chi connectivity index (χ3n) is 8.86. The van der Waals surface area contributed by atoms with E-state index in [0.29, 0.717) is 68.1 Å². The van der Waals surface area contributed by atoms with Gasteiger partial charge >= 0.3 is 0 Å². The fourth-order valence-corrected chi connectivity index (χ4v) is 7.38. The summed E-state index contributed by atoms with van der Waals surface area (Å²) in [5.74, 6) is 0.779. The number of para-hydroxylation sites is 1. The zero-order chi connectivity index (χ0) is 36.6. The third-order valence-corrected chi connectivity index (χ3v) is 10.8. The lowest BCUT2D eigenvalue weighted by Gasteiger charge is -2.31. The molecule has 14 heteroatoms. The van der Waals surface area contributed by atoms with E-state index in [0.717, 1.165) is 42.0 Å². The quantitative estimate of drug-likeness (QED) is 0.221. The van der Waals surface area contributed by atoms with Gasteiger partial charge in [0.2, 0.25) is 15.9 Å². The Balaban J connectivity index is 0.000000279. The molecule has 0 atom stereocenters. The van der Waals surface area contributed by atoms with Crippen molar-refractivity contribution in [2.45, 2.75) is 59.3 Å². The van der Waals surface area contributed by atoms with Crippen molar-refractivity contribution >= 4 is 32.7 Å². The van der Waals surface area contributed by atoms with Gasteiger partial charge in [-0.2, -0.15) is 9.40 Å². The molecule has 3 heterocycles. The highest BCUT2D eigenvalue weighted by Crippen LogP contribution is 2.32. The Morgan fingerprint density at radius 2 is 1.66 bits per heavy atom. The molecule has 13 nitrogen and oxygen atoms in total. The number of rotatable bonds is 12. The van der Waals surface area contributed by atoms with Crippen LogP contribution in [0.5, 0.6) is 5.75 Å². The molecule has 0 unspecified atom stereocenters. The first-order valence-electron chi connectivity index (χ1n) is 17.3. The number of carbonyl (C=O) groups is 1. The van der Waals surface area contributed by atoms with Crippen LogP contribution in [-0.4, -0.2) is 108 Å². The molecule has 0 aliphatic carbocycles. The number of piperazine rings is 1. The standard InChI is InChI=1S/C22H30N6O4S.C14H22N2O/c1-5-7-17-19-20(27(4)25-17)22(29)24-21(23-19)16-14-15(8-9-18(16)32-6-2)33(30,31)28-12-10-26(3)11-13-28;1-5-16(6-2)10-13(17)15-14-11(3)8-7-9-12(14)4/h8-9,14H,5-7,10-13H2,1-4H3,(H,23,24,29);7-9H,5-6,10H2,1-4H3,(H,15,17). The number of fused-ring (bicyclic) bond motifs is 1. The Labute approximate surface area is 295 Å². The smallest absolute Gasteiger partial charge is 0.277 e. The second-order valence-corrected chi connectivity index (χ2v) is 14.4. The molecule has 1 aliphatic rings. The summed E-state index contributed by atoms with van der Waals surface area (Å²) in [5, 5.41) is 7.45.